The fourth-order valence-electron chi connectivity index (χ4n) is 7.23. The van der Waals surface area contributed by atoms with Crippen molar-refractivity contribution >= 4 is 50.5 Å². The molecule has 11 nitrogen and oxygen atoms in total. The van der Waals surface area contributed by atoms with E-state index in [1.54, 1.807) is 0 Å². The minimum absolute atomic E-state index is 0.0466. The Morgan fingerprint density at radius 3 is 2.42 bits per heavy atom. The normalized spacial score (nSPS) is 23.2. The average molecular weight is 731 g/mol. The lowest BCUT2D eigenvalue weighted by molar-refractivity contribution is -0.137. The number of halogens is 3. The van der Waals surface area contributed by atoms with Gasteiger partial charge in [0, 0.05) is 49.3 Å². The third-order valence-corrected chi connectivity index (χ3v) is 12.9. The number of rotatable bonds is 6. The fraction of sp³-hybridized carbons (Fsp3) is 0.529. The summed E-state index contributed by atoms with van der Waals surface area (Å²) in [6, 6.07) is 7.24. The number of nitrogens with zero attached hydrogens (tertiary/aromatic N) is 5. The van der Waals surface area contributed by atoms with Gasteiger partial charge in [0.2, 0.25) is 5.95 Å². The zero-order valence-electron chi connectivity index (χ0n) is 27.8. The van der Waals surface area contributed by atoms with Crippen LogP contribution in [0.1, 0.15) is 79.6 Å². The number of alkyl halides is 3. The molecule has 2 saturated carbocycles. The van der Waals surface area contributed by atoms with E-state index < -0.39 is 38.8 Å². The van der Waals surface area contributed by atoms with Crippen molar-refractivity contribution < 1.29 is 35.9 Å². The Bertz CT molecular complexity index is 2000. The molecule has 2 saturated heterocycles. The number of amides is 2. The second-order valence-corrected chi connectivity index (χ2v) is 17.9. The van der Waals surface area contributed by atoms with Crippen molar-refractivity contribution in [2.45, 2.75) is 93.6 Å². The molecule has 3 aliphatic heterocycles. The van der Waals surface area contributed by atoms with Crippen LogP contribution in [0.2, 0.25) is 0 Å². The zero-order valence-corrected chi connectivity index (χ0v) is 29.4. The van der Waals surface area contributed by atoms with Crippen LogP contribution in [-0.2, 0) is 20.8 Å². The summed E-state index contributed by atoms with van der Waals surface area (Å²) in [7, 11) is -3.90. The number of ether oxygens (including phenoxy) is 1. The average Bonchev–Trinajstić information content (AvgIpc) is 3.94. The second-order valence-electron chi connectivity index (χ2n) is 14.8. The first kappa shape index (κ1) is 33.2. The van der Waals surface area contributed by atoms with E-state index in [-0.39, 0.29) is 63.0 Å². The first-order valence-corrected chi connectivity index (χ1v) is 19.3. The van der Waals surface area contributed by atoms with Gasteiger partial charge in [-0.1, -0.05) is 0 Å². The van der Waals surface area contributed by atoms with Crippen LogP contribution < -0.4 is 10.2 Å². The molecule has 2 aliphatic carbocycles. The molecule has 50 heavy (non-hydrogen) atoms. The lowest BCUT2D eigenvalue weighted by Crippen LogP contribution is -2.50. The molecule has 1 aromatic carbocycles. The van der Waals surface area contributed by atoms with Crippen LogP contribution >= 0.6 is 11.3 Å². The Morgan fingerprint density at radius 2 is 1.78 bits per heavy atom. The van der Waals surface area contributed by atoms with E-state index in [0.29, 0.717) is 25.0 Å². The molecule has 0 radical (unpaired) electrons. The summed E-state index contributed by atoms with van der Waals surface area (Å²) in [4.78, 5) is 39.7. The number of carbonyl (C=O) groups excluding carboxylic acids is 2. The predicted molar refractivity (Wildman–Crippen MR) is 181 cm³/mol. The van der Waals surface area contributed by atoms with E-state index in [9.17, 15) is 31.2 Å². The summed E-state index contributed by atoms with van der Waals surface area (Å²) in [5.74, 6) is -0.572. The standard InChI is InChI=1S/C34H37F3N6O5S2/c1-33(2,3)48-32(45)43-17-21-12-22(43)16-42(21)20-8-9-25(23(13-20)18-4-5-18)39-31-38-15-24(34(35,36)37)28(40-31)26-14-27-29(49-26)30(44)41(19-6-7-19)10-11-50(27,46)47/h8-9,13-15,18-19,21-22H,4-7,10-12,16-17H2,1-3H3,(H,38,39,40)/t21-,22-/m1/s1. The van der Waals surface area contributed by atoms with Gasteiger partial charge >= 0.3 is 12.3 Å². The van der Waals surface area contributed by atoms with Crippen molar-refractivity contribution in [3.63, 3.8) is 0 Å². The Hall–Kier alpha value is -3.92. The molecule has 3 aromatic rings. The number of fused-ring (bicyclic) bond motifs is 3. The molecule has 1 N–H and O–H groups in total. The largest absolute Gasteiger partial charge is 0.444 e. The van der Waals surface area contributed by atoms with Crippen molar-refractivity contribution in [1.29, 1.82) is 0 Å². The highest BCUT2D eigenvalue weighted by molar-refractivity contribution is 7.91. The van der Waals surface area contributed by atoms with Crippen molar-refractivity contribution in [3.8, 4) is 10.6 Å². The summed E-state index contributed by atoms with van der Waals surface area (Å²) in [6.07, 6.45) is -0.100. The topological polar surface area (TPSA) is 125 Å². The number of sulfone groups is 1. The van der Waals surface area contributed by atoms with Crippen LogP contribution in [0.15, 0.2) is 35.4 Å². The van der Waals surface area contributed by atoms with E-state index >= 15 is 0 Å². The molecule has 4 fully saturated rings. The number of hydrogen-bond donors (Lipinski definition) is 1. The van der Waals surface area contributed by atoms with Crippen molar-refractivity contribution in [2.24, 2.45) is 0 Å². The number of thiophene rings is 1. The Balaban J connectivity index is 1.08. The van der Waals surface area contributed by atoms with Crippen molar-refractivity contribution in [2.75, 3.05) is 35.6 Å². The van der Waals surface area contributed by atoms with Gasteiger partial charge in [-0.05, 0) is 88.6 Å². The quantitative estimate of drug-likeness (QED) is 0.305. The third kappa shape index (κ3) is 6.18. The molecule has 8 rings (SSSR count). The molecule has 0 unspecified atom stereocenters. The molecular weight excluding hydrogens is 694 g/mol. The highest BCUT2D eigenvalue weighted by Gasteiger charge is 2.47. The summed E-state index contributed by atoms with van der Waals surface area (Å²) in [5, 5.41) is 3.14. The number of piperazine rings is 1. The monoisotopic (exact) mass is 730 g/mol. The van der Waals surface area contributed by atoms with Crippen LogP contribution in [0.5, 0.6) is 0 Å². The van der Waals surface area contributed by atoms with Gasteiger partial charge in [-0.15, -0.1) is 11.3 Å². The van der Waals surface area contributed by atoms with Gasteiger partial charge in [-0.3, -0.25) is 4.79 Å². The lowest BCUT2D eigenvalue weighted by atomic mass is 10.1. The lowest BCUT2D eigenvalue weighted by Gasteiger charge is -2.36. The van der Waals surface area contributed by atoms with Crippen LogP contribution in [0.4, 0.5) is 35.3 Å². The molecule has 2 aromatic heterocycles. The smallest absolute Gasteiger partial charge is 0.420 e. The van der Waals surface area contributed by atoms with Gasteiger partial charge in [0.25, 0.3) is 5.91 Å². The molecule has 16 heteroatoms. The highest BCUT2D eigenvalue weighted by Crippen LogP contribution is 2.47. The van der Waals surface area contributed by atoms with E-state index in [4.69, 9.17) is 4.74 Å². The van der Waals surface area contributed by atoms with Gasteiger partial charge in [0.1, 0.15) is 16.0 Å². The van der Waals surface area contributed by atoms with Crippen LogP contribution in [0.25, 0.3) is 10.6 Å². The Labute approximate surface area is 291 Å². The summed E-state index contributed by atoms with van der Waals surface area (Å²) in [5.41, 5.74) is 0.499. The van der Waals surface area contributed by atoms with E-state index in [2.05, 4.69) is 26.3 Å². The van der Waals surface area contributed by atoms with E-state index in [1.165, 1.54) is 4.90 Å². The highest BCUT2D eigenvalue weighted by atomic mass is 32.2. The molecule has 2 amide bonds. The number of anilines is 3. The molecule has 266 valence electrons. The van der Waals surface area contributed by atoms with Crippen molar-refractivity contribution in [1.82, 2.24) is 19.8 Å². The minimum atomic E-state index is -4.83. The van der Waals surface area contributed by atoms with Crippen LogP contribution in [-0.4, -0.2) is 89.3 Å². The van der Waals surface area contributed by atoms with Gasteiger partial charge in [0.05, 0.1) is 27.3 Å². The first-order chi connectivity index (χ1) is 23.6. The van der Waals surface area contributed by atoms with Gasteiger partial charge in [-0.2, -0.15) is 13.2 Å². The van der Waals surface area contributed by atoms with Gasteiger partial charge in [-0.25, -0.2) is 23.2 Å². The molecular formula is C34H37F3N6O5S2. The number of aromatic nitrogens is 2. The molecule has 0 spiro atoms. The summed E-state index contributed by atoms with van der Waals surface area (Å²) >= 11 is 0.724. The minimum Gasteiger partial charge on any atom is -0.444 e. The number of carbonyl (C=O) groups is 2. The number of hydrogen-bond acceptors (Lipinski definition) is 10. The van der Waals surface area contributed by atoms with Gasteiger partial charge in [0.15, 0.2) is 9.84 Å². The number of nitrogens with one attached hydrogen (secondary N) is 1. The maximum Gasteiger partial charge on any atom is 0.420 e. The summed E-state index contributed by atoms with van der Waals surface area (Å²) in [6.45, 7) is 6.85. The second kappa shape index (κ2) is 11.6. The van der Waals surface area contributed by atoms with Crippen molar-refractivity contribution in [3.05, 3.63) is 46.5 Å². The van der Waals surface area contributed by atoms with E-state index in [1.807, 2.05) is 37.8 Å². The molecule has 5 aliphatic rings. The fourth-order valence-corrected chi connectivity index (χ4v) is 10.1. The van der Waals surface area contributed by atoms with Crippen LogP contribution in [0, 0.1) is 0 Å². The Morgan fingerprint density at radius 1 is 1.02 bits per heavy atom. The van der Waals surface area contributed by atoms with Gasteiger partial charge < -0.3 is 24.8 Å². The molecule has 2 atom stereocenters. The summed E-state index contributed by atoms with van der Waals surface area (Å²) < 4.78 is 74.8. The number of benzene rings is 1. The number of likely N-dealkylation sites (tertiary alicyclic amines) is 1. The Kier molecular flexibility index (Phi) is 7.68. The first-order valence-electron chi connectivity index (χ1n) is 16.8. The zero-order chi connectivity index (χ0) is 35.3. The van der Waals surface area contributed by atoms with E-state index in [0.717, 1.165) is 60.8 Å². The van der Waals surface area contributed by atoms with Crippen LogP contribution in [0.3, 0.4) is 0 Å². The maximum atomic E-state index is 14.3. The SMILES string of the molecule is CC(C)(C)OC(=O)N1C[C@H]2C[C@@H]1CN2c1ccc(Nc2ncc(C(F)(F)F)c(-c3cc4c(s3)C(=O)N(C3CC3)CCS4(=O)=O)n2)c(C2CC2)c1. The maximum absolute atomic E-state index is 14.3. The third-order valence-electron chi connectivity index (χ3n) is 9.90. The molecule has 5 heterocycles. The molecule has 2 bridgehead atoms. The predicted octanol–water partition coefficient (Wildman–Crippen LogP) is 6.43.